The van der Waals surface area contributed by atoms with Crippen LogP contribution >= 0.6 is 11.6 Å². The lowest BCUT2D eigenvalue weighted by Crippen LogP contribution is -2.41. The summed E-state index contributed by atoms with van der Waals surface area (Å²) in [6, 6.07) is 1.86. The third-order valence-electron chi connectivity index (χ3n) is 3.51. The van der Waals surface area contributed by atoms with E-state index in [1.807, 2.05) is 0 Å². The van der Waals surface area contributed by atoms with Crippen molar-refractivity contribution in [3.8, 4) is 0 Å². The summed E-state index contributed by atoms with van der Waals surface area (Å²) in [7, 11) is 0. The summed E-state index contributed by atoms with van der Waals surface area (Å²) in [4.78, 5) is 34.4. The summed E-state index contributed by atoms with van der Waals surface area (Å²) in [5, 5.41) is 23.9. The number of nitrogens with one attached hydrogen (secondary N) is 1. The lowest BCUT2D eigenvalue weighted by Gasteiger charge is -2.26. The van der Waals surface area contributed by atoms with Crippen molar-refractivity contribution in [3.05, 3.63) is 42.9 Å². The lowest BCUT2D eigenvalue weighted by molar-refractivity contribution is -0.393. The van der Waals surface area contributed by atoms with Gasteiger partial charge in [0, 0.05) is 38.3 Å². The van der Waals surface area contributed by atoms with Crippen LogP contribution in [0.1, 0.15) is 10.4 Å². The summed E-state index contributed by atoms with van der Waals surface area (Å²) < 4.78 is 5.21. The standard InChI is InChI=1S/C13H15ClN4O6/c14-12-10(17(20)21)7-9(8-11(12)18(22)23)13(19)15-1-2-16-3-5-24-6-4-16/h7-8H,1-6H2,(H,15,19). The molecule has 0 aliphatic carbocycles. The first-order chi connectivity index (χ1) is 11.4. The molecule has 0 unspecified atom stereocenters. The smallest absolute Gasteiger partial charge is 0.295 e. The molecule has 1 heterocycles. The molecule has 1 amide bonds. The summed E-state index contributed by atoms with van der Waals surface area (Å²) in [5.74, 6) is -0.633. The first kappa shape index (κ1) is 18.0. The van der Waals surface area contributed by atoms with E-state index < -0.39 is 32.2 Å². The average Bonchev–Trinajstić information content (AvgIpc) is 2.55. The zero-order valence-electron chi connectivity index (χ0n) is 12.6. The van der Waals surface area contributed by atoms with E-state index in [4.69, 9.17) is 16.3 Å². The number of hydrogen-bond acceptors (Lipinski definition) is 7. The third-order valence-corrected chi connectivity index (χ3v) is 3.89. The Kier molecular flexibility index (Phi) is 6.01. The Bertz CT molecular complexity index is 627. The molecular formula is C13H15ClN4O6. The predicted octanol–water partition coefficient (Wildman–Crippen LogP) is 1.22. The van der Waals surface area contributed by atoms with Crippen LogP contribution in [0.4, 0.5) is 11.4 Å². The molecule has 0 atom stereocenters. The zero-order valence-corrected chi connectivity index (χ0v) is 13.3. The molecule has 130 valence electrons. The molecule has 1 N–H and O–H groups in total. The van der Waals surface area contributed by atoms with E-state index in [-0.39, 0.29) is 5.56 Å². The van der Waals surface area contributed by atoms with Crippen molar-refractivity contribution in [1.29, 1.82) is 0 Å². The number of rotatable bonds is 6. The molecule has 0 saturated carbocycles. The zero-order chi connectivity index (χ0) is 17.7. The molecule has 0 aromatic heterocycles. The van der Waals surface area contributed by atoms with Crippen molar-refractivity contribution >= 4 is 28.9 Å². The maximum atomic E-state index is 12.1. The predicted molar refractivity (Wildman–Crippen MR) is 84.4 cm³/mol. The number of ether oxygens (including phenoxy) is 1. The maximum absolute atomic E-state index is 12.1. The van der Waals surface area contributed by atoms with Crippen LogP contribution in [0.15, 0.2) is 12.1 Å². The molecule has 10 nitrogen and oxygen atoms in total. The van der Waals surface area contributed by atoms with Crippen LogP contribution in [-0.2, 0) is 4.74 Å². The Morgan fingerprint density at radius 3 is 2.25 bits per heavy atom. The van der Waals surface area contributed by atoms with Gasteiger partial charge in [-0.3, -0.25) is 29.9 Å². The Morgan fingerprint density at radius 2 is 1.75 bits per heavy atom. The van der Waals surface area contributed by atoms with E-state index in [2.05, 4.69) is 10.2 Å². The van der Waals surface area contributed by atoms with E-state index in [9.17, 15) is 25.0 Å². The largest absolute Gasteiger partial charge is 0.379 e. The number of halogens is 1. The number of carbonyl (C=O) groups excluding carboxylic acids is 1. The van der Waals surface area contributed by atoms with Gasteiger partial charge in [0.1, 0.15) is 0 Å². The van der Waals surface area contributed by atoms with Crippen molar-refractivity contribution in [1.82, 2.24) is 10.2 Å². The Balaban J connectivity index is 2.07. The molecule has 0 bridgehead atoms. The van der Waals surface area contributed by atoms with Crippen LogP contribution in [0.2, 0.25) is 5.02 Å². The van der Waals surface area contributed by atoms with Gasteiger partial charge in [-0.1, -0.05) is 11.6 Å². The van der Waals surface area contributed by atoms with Crippen LogP contribution in [0.3, 0.4) is 0 Å². The molecule has 1 aromatic carbocycles. The topological polar surface area (TPSA) is 128 Å². The van der Waals surface area contributed by atoms with Crippen LogP contribution in [0.25, 0.3) is 0 Å². The first-order valence-corrected chi connectivity index (χ1v) is 7.48. The second-order valence-corrected chi connectivity index (χ2v) is 5.43. The highest BCUT2D eigenvalue weighted by molar-refractivity contribution is 6.35. The van der Waals surface area contributed by atoms with Crippen LogP contribution in [0.5, 0.6) is 0 Å². The number of benzene rings is 1. The third kappa shape index (κ3) is 4.37. The molecule has 1 saturated heterocycles. The number of nitro benzene ring substituents is 2. The van der Waals surface area contributed by atoms with Crippen molar-refractivity contribution in [3.63, 3.8) is 0 Å². The van der Waals surface area contributed by atoms with Gasteiger partial charge in [0.25, 0.3) is 17.3 Å². The van der Waals surface area contributed by atoms with Crippen LogP contribution in [-0.4, -0.2) is 60.0 Å². The highest BCUT2D eigenvalue weighted by Crippen LogP contribution is 2.34. The van der Waals surface area contributed by atoms with Crippen molar-refractivity contribution in [2.24, 2.45) is 0 Å². The molecule has 0 spiro atoms. The fourth-order valence-electron chi connectivity index (χ4n) is 2.25. The van der Waals surface area contributed by atoms with Gasteiger partial charge in [0.15, 0.2) is 5.02 Å². The molecule has 1 fully saturated rings. The minimum Gasteiger partial charge on any atom is -0.379 e. The monoisotopic (exact) mass is 358 g/mol. The van der Waals surface area contributed by atoms with Crippen molar-refractivity contribution in [2.75, 3.05) is 39.4 Å². The minimum absolute atomic E-state index is 0.181. The van der Waals surface area contributed by atoms with Gasteiger partial charge in [-0.2, -0.15) is 0 Å². The van der Waals surface area contributed by atoms with Gasteiger partial charge in [-0.05, 0) is 0 Å². The molecule has 1 aliphatic rings. The van der Waals surface area contributed by atoms with E-state index in [1.54, 1.807) is 0 Å². The van der Waals surface area contributed by atoms with Crippen LogP contribution < -0.4 is 5.32 Å². The second-order valence-electron chi connectivity index (χ2n) is 5.05. The fraction of sp³-hybridized carbons (Fsp3) is 0.462. The van der Waals surface area contributed by atoms with Crippen LogP contribution in [0, 0.1) is 20.2 Å². The van der Waals surface area contributed by atoms with Gasteiger partial charge >= 0.3 is 0 Å². The number of carbonyl (C=O) groups is 1. The van der Waals surface area contributed by atoms with Gasteiger partial charge in [0.2, 0.25) is 0 Å². The molecule has 24 heavy (non-hydrogen) atoms. The number of nitro groups is 2. The van der Waals surface area contributed by atoms with Gasteiger partial charge in [0.05, 0.1) is 28.6 Å². The Labute approximate surface area is 141 Å². The quantitative estimate of drug-likeness (QED) is 0.598. The average molecular weight is 359 g/mol. The second kappa shape index (κ2) is 7.99. The van der Waals surface area contributed by atoms with Crippen molar-refractivity contribution < 1.29 is 19.4 Å². The fourth-order valence-corrected chi connectivity index (χ4v) is 2.49. The Morgan fingerprint density at radius 1 is 1.21 bits per heavy atom. The number of morpholine rings is 1. The van der Waals surface area contributed by atoms with Gasteiger partial charge < -0.3 is 10.1 Å². The van der Waals surface area contributed by atoms with E-state index in [0.29, 0.717) is 26.3 Å². The first-order valence-electron chi connectivity index (χ1n) is 7.10. The van der Waals surface area contributed by atoms with Gasteiger partial charge in [-0.25, -0.2) is 0 Å². The highest BCUT2D eigenvalue weighted by Gasteiger charge is 2.27. The molecular weight excluding hydrogens is 344 g/mol. The van der Waals surface area contributed by atoms with E-state index >= 15 is 0 Å². The minimum atomic E-state index is -0.861. The Hall–Kier alpha value is -2.30. The summed E-state index contributed by atoms with van der Waals surface area (Å²) in [5.41, 5.74) is -1.53. The SMILES string of the molecule is O=C(NCCN1CCOCC1)c1cc([N+](=O)[O-])c(Cl)c([N+](=O)[O-])c1. The number of amides is 1. The normalized spacial score (nSPS) is 15.0. The van der Waals surface area contributed by atoms with Crippen molar-refractivity contribution in [2.45, 2.75) is 0 Å². The maximum Gasteiger partial charge on any atom is 0.295 e. The number of nitrogens with zero attached hydrogens (tertiary/aromatic N) is 3. The lowest BCUT2D eigenvalue weighted by atomic mass is 10.1. The van der Waals surface area contributed by atoms with E-state index in [1.165, 1.54) is 0 Å². The summed E-state index contributed by atoms with van der Waals surface area (Å²) >= 11 is 5.65. The number of hydrogen-bond donors (Lipinski definition) is 1. The van der Waals surface area contributed by atoms with Gasteiger partial charge in [-0.15, -0.1) is 0 Å². The molecule has 2 rings (SSSR count). The summed E-state index contributed by atoms with van der Waals surface area (Å²) in [6.07, 6.45) is 0. The highest BCUT2D eigenvalue weighted by atomic mass is 35.5. The summed E-state index contributed by atoms with van der Waals surface area (Å²) in [6.45, 7) is 3.67. The molecule has 11 heteroatoms. The van der Waals surface area contributed by atoms with E-state index in [0.717, 1.165) is 25.2 Å². The molecule has 0 radical (unpaired) electrons. The molecule has 1 aromatic rings. The molecule has 1 aliphatic heterocycles.